The van der Waals surface area contributed by atoms with E-state index in [4.69, 9.17) is 21.1 Å². The van der Waals surface area contributed by atoms with E-state index >= 15 is 0 Å². The van der Waals surface area contributed by atoms with E-state index in [0.717, 1.165) is 0 Å². The first kappa shape index (κ1) is 19.3. The first-order valence-corrected chi connectivity index (χ1v) is 7.80. The number of Topliss-reactive ketones (excluding diaryl/α,β-unsaturated/α-hetero) is 1. The zero-order valence-corrected chi connectivity index (χ0v) is 15.2. The van der Waals surface area contributed by atoms with E-state index in [1.54, 1.807) is 32.9 Å². The molecular weight excluding hydrogens is 318 g/mol. The lowest BCUT2D eigenvalue weighted by Crippen LogP contribution is -2.27. The van der Waals surface area contributed by atoms with Gasteiger partial charge in [0.25, 0.3) is 0 Å². The summed E-state index contributed by atoms with van der Waals surface area (Å²) < 4.78 is 10.4. The van der Waals surface area contributed by atoms with Crippen molar-refractivity contribution in [3.8, 4) is 5.75 Å². The molecule has 0 aliphatic rings. The molecule has 0 bridgehead atoms. The Hall–Kier alpha value is -1.75. The summed E-state index contributed by atoms with van der Waals surface area (Å²) in [5, 5.41) is 3.04. The van der Waals surface area contributed by atoms with E-state index < -0.39 is 11.7 Å². The molecule has 1 rings (SSSR count). The van der Waals surface area contributed by atoms with Crippen molar-refractivity contribution in [3.05, 3.63) is 22.7 Å². The van der Waals surface area contributed by atoms with Crippen molar-refractivity contribution < 1.29 is 19.1 Å². The Labute approximate surface area is 142 Å². The minimum atomic E-state index is -0.617. The third kappa shape index (κ3) is 6.10. The minimum Gasteiger partial charge on any atom is -0.495 e. The number of amides is 1. The Morgan fingerprint density at radius 3 is 2.35 bits per heavy atom. The summed E-state index contributed by atoms with van der Waals surface area (Å²) in [7, 11) is 1.48. The molecule has 23 heavy (non-hydrogen) atoms. The van der Waals surface area contributed by atoms with Crippen molar-refractivity contribution in [2.24, 2.45) is 5.92 Å². The third-order valence-corrected chi connectivity index (χ3v) is 3.32. The second-order valence-electron chi connectivity index (χ2n) is 6.57. The van der Waals surface area contributed by atoms with Crippen LogP contribution in [0.1, 0.15) is 40.2 Å². The van der Waals surface area contributed by atoms with Crippen LogP contribution in [0.4, 0.5) is 10.5 Å². The van der Waals surface area contributed by atoms with Crippen LogP contribution in [0, 0.1) is 5.92 Å². The van der Waals surface area contributed by atoms with Gasteiger partial charge in [0.15, 0.2) is 0 Å². The minimum absolute atomic E-state index is 0.0541. The number of benzene rings is 1. The number of nitrogens with one attached hydrogen (secondary N) is 1. The number of ketones is 1. The normalized spacial score (nSPS) is 11.3. The average molecular weight is 342 g/mol. The summed E-state index contributed by atoms with van der Waals surface area (Å²) in [4.78, 5) is 24.0. The van der Waals surface area contributed by atoms with Gasteiger partial charge in [-0.15, -0.1) is 0 Å². The van der Waals surface area contributed by atoms with Gasteiger partial charge in [0, 0.05) is 18.4 Å². The highest BCUT2D eigenvalue weighted by Gasteiger charge is 2.20. The van der Waals surface area contributed by atoms with E-state index in [2.05, 4.69) is 5.32 Å². The zero-order chi connectivity index (χ0) is 17.8. The SMILES string of the molecule is COc1cc(NC(=O)OC(C)(C)C)c(CC(=O)C(C)C)cc1Cl. The second kappa shape index (κ2) is 7.68. The van der Waals surface area contributed by atoms with Crippen LogP contribution in [0.25, 0.3) is 0 Å². The molecule has 1 aromatic rings. The lowest BCUT2D eigenvalue weighted by atomic mass is 9.99. The molecule has 0 aliphatic heterocycles. The predicted octanol–water partition coefficient (Wildman–Crippen LogP) is 4.46. The van der Waals surface area contributed by atoms with E-state index in [-0.39, 0.29) is 18.1 Å². The van der Waals surface area contributed by atoms with Crippen molar-refractivity contribution in [1.82, 2.24) is 0 Å². The van der Waals surface area contributed by atoms with Crippen molar-refractivity contribution >= 4 is 29.2 Å². The number of rotatable bonds is 5. The Morgan fingerprint density at radius 1 is 1.26 bits per heavy atom. The van der Waals surface area contributed by atoms with Crippen LogP contribution in [-0.4, -0.2) is 24.6 Å². The number of carbonyl (C=O) groups excluding carboxylic acids is 2. The van der Waals surface area contributed by atoms with Gasteiger partial charge in [-0.3, -0.25) is 10.1 Å². The number of methoxy groups -OCH3 is 1. The molecule has 0 radical (unpaired) electrons. The van der Waals surface area contributed by atoms with E-state index in [9.17, 15) is 9.59 Å². The summed E-state index contributed by atoms with van der Waals surface area (Å²) in [5.74, 6) is 0.363. The molecule has 0 heterocycles. The van der Waals surface area contributed by atoms with Gasteiger partial charge in [-0.25, -0.2) is 4.79 Å². The molecule has 0 atom stereocenters. The fourth-order valence-corrected chi connectivity index (χ4v) is 2.08. The quantitative estimate of drug-likeness (QED) is 0.858. The third-order valence-electron chi connectivity index (χ3n) is 3.02. The Balaban J connectivity index is 3.11. The number of ether oxygens (including phenoxy) is 2. The number of halogens is 1. The largest absolute Gasteiger partial charge is 0.495 e. The highest BCUT2D eigenvalue weighted by Crippen LogP contribution is 2.32. The topological polar surface area (TPSA) is 64.6 Å². The van der Waals surface area contributed by atoms with Gasteiger partial charge in [-0.1, -0.05) is 25.4 Å². The molecule has 0 unspecified atom stereocenters. The molecule has 0 aliphatic carbocycles. The average Bonchev–Trinajstić information content (AvgIpc) is 2.39. The molecule has 0 spiro atoms. The molecule has 1 N–H and O–H groups in total. The predicted molar refractivity (Wildman–Crippen MR) is 91.4 cm³/mol. The van der Waals surface area contributed by atoms with Crippen LogP contribution in [-0.2, 0) is 16.0 Å². The fourth-order valence-electron chi connectivity index (χ4n) is 1.82. The number of hydrogen-bond donors (Lipinski definition) is 1. The summed E-state index contributed by atoms with van der Waals surface area (Å²) in [6, 6.07) is 3.22. The highest BCUT2D eigenvalue weighted by molar-refractivity contribution is 6.32. The Kier molecular flexibility index (Phi) is 6.45. The first-order valence-electron chi connectivity index (χ1n) is 7.42. The molecule has 128 valence electrons. The van der Waals surface area contributed by atoms with Crippen molar-refractivity contribution in [2.45, 2.75) is 46.6 Å². The first-order chi connectivity index (χ1) is 10.5. The van der Waals surface area contributed by atoms with Gasteiger partial charge in [-0.2, -0.15) is 0 Å². The summed E-state index contributed by atoms with van der Waals surface area (Å²) in [6.45, 7) is 8.98. The van der Waals surface area contributed by atoms with Crippen molar-refractivity contribution in [2.75, 3.05) is 12.4 Å². The molecule has 0 fully saturated rings. The van der Waals surface area contributed by atoms with Crippen LogP contribution in [0.15, 0.2) is 12.1 Å². The number of anilines is 1. The Morgan fingerprint density at radius 2 is 1.87 bits per heavy atom. The van der Waals surface area contributed by atoms with Crippen LogP contribution < -0.4 is 10.1 Å². The van der Waals surface area contributed by atoms with Gasteiger partial charge in [0.1, 0.15) is 17.1 Å². The molecule has 0 saturated carbocycles. The molecule has 5 nitrogen and oxygen atoms in total. The second-order valence-corrected chi connectivity index (χ2v) is 6.98. The number of hydrogen-bond acceptors (Lipinski definition) is 4. The van der Waals surface area contributed by atoms with E-state index in [1.165, 1.54) is 7.11 Å². The standard InChI is InChI=1S/C17H24ClNO4/c1-10(2)14(20)8-11-7-12(18)15(22-6)9-13(11)19-16(21)23-17(3,4)5/h7,9-10H,8H2,1-6H3,(H,19,21). The molecule has 6 heteroatoms. The Bertz CT molecular complexity index is 591. The molecule has 1 amide bonds. The molecular formula is C17H24ClNO4. The monoisotopic (exact) mass is 341 g/mol. The summed E-state index contributed by atoms with van der Waals surface area (Å²) in [6.07, 6.45) is -0.424. The maximum atomic E-state index is 12.0. The van der Waals surface area contributed by atoms with Gasteiger partial charge in [-0.05, 0) is 32.4 Å². The van der Waals surface area contributed by atoms with Gasteiger partial charge >= 0.3 is 6.09 Å². The fraction of sp³-hybridized carbons (Fsp3) is 0.529. The van der Waals surface area contributed by atoms with Crippen molar-refractivity contribution in [3.63, 3.8) is 0 Å². The maximum Gasteiger partial charge on any atom is 0.412 e. The smallest absolute Gasteiger partial charge is 0.412 e. The van der Waals surface area contributed by atoms with Gasteiger partial charge in [0.05, 0.1) is 17.8 Å². The lowest BCUT2D eigenvalue weighted by Gasteiger charge is -2.21. The van der Waals surface area contributed by atoms with Gasteiger partial charge < -0.3 is 9.47 Å². The van der Waals surface area contributed by atoms with Gasteiger partial charge in [0.2, 0.25) is 0 Å². The van der Waals surface area contributed by atoms with E-state index in [0.29, 0.717) is 22.0 Å². The van der Waals surface area contributed by atoms with Crippen molar-refractivity contribution in [1.29, 1.82) is 0 Å². The van der Waals surface area contributed by atoms with Crippen LogP contribution in [0.5, 0.6) is 5.75 Å². The van der Waals surface area contributed by atoms with Crippen LogP contribution >= 0.6 is 11.6 Å². The zero-order valence-electron chi connectivity index (χ0n) is 14.5. The molecule has 0 saturated heterocycles. The lowest BCUT2D eigenvalue weighted by molar-refractivity contribution is -0.121. The van der Waals surface area contributed by atoms with Crippen LogP contribution in [0.2, 0.25) is 5.02 Å². The summed E-state index contributed by atoms with van der Waals surface area (Å²) in [5.41, 5.74) is 0.462. The van der Waals surface area contributed by atoms with E-state index in [1.807, 2.05) is 13.8 Å². The highest BCUT2D eigenvalue weighted by atomic mass is 35.5. The molecule has 0 aromatic heterocycles. The molecule has 1 aromatic carbocycles. The van der Waals surface area contributed by atoms with Crippen LogP contribution in [0.3, 0.4) is 0 Å². The number of carbonyl (C=O) groups is 2. The summed E-state index contributed by atoms with van der Waals surface area (Å²) >= 11 is 6.13. The maximum absolute atomic E-state index is 12.0.